The van der Waals surface area contributed by atoms with E-state index in [0.717, 1.165) is 91.6 Å². The first-order valence-corrected chi connectivity index (χ1v) is 16.5. The highest BCUT2D eigenvalue weighted by Gasteiger charge is 2.51. The molecule has 8 heteroatoms. The average Bonchev–Trinajstić information content (AvgIpc) is 3.46. The van der Waals surface area contributed by atoms with Crippen LogP contribution in [0.3, 0.4) is 0 Å². The molecular formula is C35H47N3O5. The molecule has 0 aromatic heterocycles. The van der Waals surface area contributed by atoms with E-state index in [2.05, 4.69) is 15.5 Å². The third-order valence-electron chi connectivity index (χ3n) is 10.9. The van der Waals surface area contributed by atoms with Gasteiger partial charge in [-0.15, -0.1) is 0 Å². The zero-order valence-electron chi connectivity index (χ0n) is 25.1. The molecule has 0 spiro atoms. The lowest BCUT2D eigenvalue weighted by Gasteiger charge is -2.56. The number of aliphatic hydroxyl groups is 2. The number of nitrogens with zero attached hydrogens (tertiary/aromatic N) is 1. The number of hydrogen-bond donors (Lipinski definition) is 4. The third-order valence-corrected chi connectivity index (χ3v) is 10.9. The Morgan fingerprint density at radius 3 is 2.16 bits per heavy atom. The second-order valence-electron chi connectivity index (χ2n) is 14.1. The molecule has 2 saturated heterocycles. The molecule has 232 valence electrons. The zero-order chi connectivity index (χ0) is 29.4. The summed E-state index contributed by atoms with van der Waals surface area (Å²) in [6.07, 6.45) is 9.68. The molecule has 2 aliphatic heterocycles. The molecule has 2 aromatic rings. The van der Waals surface area contributed by atoms with Gasteiger partial charge < -0.3 is 30.3 Å². The van der Waals surface area contributed by atoms with Gasteiger partial charge in [-0.25, -0.2) is 4.79 Å². The highest BCUT2D eigenvalue weighted by Crippen LogP contribution is 2.55. The van der Waals surface area contributed by atoms with Crippen LogP contribution < -0.4 is 10.6 Å². The predicted molar refractivity (Wildman–Crippen MR) is 163 cm³/mol. The van der Waals surface area contributed by atoms with Crippen molar-refractivity contribution in [1.82, 2.24) is 15.5 Å². The molecule has 6 fully saturated rings. The van der Waals surface area contributed by atoms with Crippen LogP contribution >= 0.6 is 0 Å². The quantitative estimate of drug-likeness (QED) is 0.330. The first-order valence-electron chi connectivity index (χ1n) is 16.5. The molecule has 4 saturated carbocycles. The number of amides is 2. The Labute approximate surface area is 255 Å². The van der Waals surface area contributed by atoms with Gasteiger partial charge >= 0.3 is 6.03 Å². The summed E-state index contributed by atoms with van der Waals surface area (Å²) in [5.74, 6) is 2.40. The lowest BCUT2D eigenvalue weighted by molar-refractivity contribution is -0.253. The molecule has 43 heavy (non-hydrogen) atoms. The minimum absolute atomic E-state index is 0.0100. The summed E-state index contributed by atoms with van der Waals surface area (Å²) >= 11 is 0. The summed E-state index contributed by atoms with van der Waals surface area (Å²) in [5.41, 5.74) is 3.94. The van der Waals surface area contributed by atoms with Gasteiger partial charge in [0, 0.05) is 36.7 Å². The van der Waals surface area contributed by atoms with Crippen molar-refractivity contribution >= 4 is 6.03 Å². The largest absolute Gasteiger partial charge is 0.395 e. The smallest absolute Gasteiger partial charge is 0.315 e. The van der Waals surface area contributed by atoms with E-state index in [4.69, 9.17) is 9.47 Å². The molecule has 4 aliphatic carbocycles. The molecule has 4 bridgehead atoms. The molecule has 2 aromatic carbocycles. The van der Waals surface area contributed by atoms with Gasteiger partial charge in [-0.2, -0.15) is 0 Å². The number of rotatable bonds is 9. The third kappa shape index (κ3) is 6.50. The Morgan fingerprint density at radius 1 is 0.860 bits per heavy atom. The number of likely N-dealkylation sites (tertiary alicyclic amines) is 1. The minimum Gasteiger partial charge on any atom is -0.395 e. The second-order valence-corrected chi connectivity index (χ2v) is 14.1. The number of urea groups is 1. The van der Waals surface area contributed by atoms with Crippen LogP contribution in [-0.4, -0.2) is 58.5 Å². The number of carbonyl (C=O) groups is 1. The molecule has 0 radical (unpaired) electrons. The monoisotopic (exact) mass is 589 g/mol. The van der Waals surface area contributed by atoms with Gasteiger partial charge in [0.05, 0.1) is 25.4 Å². The summed E-state index contributed by atoms with van der Waals surface area (Å²) in [7, 11) is 0. The van der Waals surface area contributed by atoms with Crippen molar-refractivity contribution in [3.63, 3.8) is 0 Å². The number of carbonyl (C=O) groups excluding carboxylic acids is 1. The molecule has 0 unspecified atom stereocenters. The summed E-state index contributed by atoms with van der Waals surface area (Å²) in [6.45, 7) is 2.41. The summed E-state index contributed by atoms with van der Waals surface area (Å²) in [6, 6.07) is 16.3. The van der Waals surface area contributed by atoms with E-state index in [1.807, 2.05) is 48.5 Å². The van der Waals surface area contributed by atoms with Crippen LogP contribution in [0, 0.1) is 17.8 Å². The fourth-order valence-electron chi connectivity index (χ4n) is 9.16. The van der Waals surface area contributed by atoms with Gasteiger partial charge in [-0.1, -0.05) is 48.5 Å². The van der Waals surface area contributed by atoms with E-state index in [1.54, 1.807) is 0 Å². The highest BCUT2D eigenvalue weighted by atomic mass is 16.7. The van der Waals surface area contributed by atoms with Crippen LogP contribution in [0.15, 0.2) is 48.5 Å². The fraction of sp³-hybridized carbons (Fsp3) is 0.629. The summed E-state index contributed by atoms with van der Waals surface area (Å²) in [4.78, 5) is 15.3. The van der Waals surface area contributed by atoms with E-state index in [0.29, 0.717) is 6.54 Å². The van der Waals surface area contributed by atoms with Crippen molar-refractivity contribution in [2.75, 3.05) is 19.7 Å². The molecule has 2 amide bonds. The fourth-order valence-corrected chi connectivity index (χ4v) is 9.16. The van der Waals surface area contributed by atoms with E-state index >= 15 is 0 Å². The Hall–Kier alpha value is -2.49. The standard InChI is InChI=1S/C35H47N3O5/c39-21-24-5-7-28(8-6-24)32-15-31(20-38-11-1-2-30(38)22-40)42-33(43-32)29-9-3-23(4-10-29)19-36-34(41)37-35-16-25-12-26(17-35)14-27(13-25)18-35/h3-10,25-27,30-33,39-40H,1-2,11-22H2,(H2,36,37,41)/t25?,26?,27?,30-,31+,32-,33-,35?/m0/s1. The van der Waals surface area contributed by atoms with Crippen LogP contribution in [0.2, 0.25) is 0 Å². The minimum atomic E-state index is -0.516. The van der Waals surface area contributed by atoms with Crippen LogP contribution in [0.4, 0.5) is 4.79 Å². The van der Waals surface area contributed by atoms with Gasteiger partial charge in [0.15, 0.2) is 6.29 Å². The van der Waals surface area contributed by atoms with E-state index in [-0.39, 0.29) is 43.0 Å². The summed E-state index contributed by atoms with van der Waals surface area (Å²) < 4.78 is 13.1. The van der Waals surface area contributed by atoms with Gasteiger partial charge in [0.1, 0.15) is 0 Å². The lowest BCUT2D eigenvalue weighted by atomic mass is 9.53. The molecule has 6 aliphatic rings. The molecule has 4 N–H and O–H groups in total. The van der Waals surface area contributed by atoms with Crippen LogP contribution in [0.25, 0.3) is 0 Å². The first kappa shape index (κ1) is 29.2. The highest BCUT2D eigenvalue weighted by molar-refractivity contribution is 5.75. The first-order chi connectivity index (χ1) is 21.0. The van der Waals surface area contributed by atoms with Crippen molar-refractivity contribution in [3.8, 4) is 0 Å². The SMILES string of the molecule is O=C(NCc1ccc([C@H]2O[C@@H](CN3CCC[C@H]3CO)C[C@@H](c3ccc(CO)cc3)O2)cc1)NC12CC3CC(CC(C3)C1)C2. The molecule has 8 nitrogen and oxygen atoms in total. The van der Waals surface area contributed by atoms with Crippen molar-refractivity contribution in [2.45, 2.75) is 101 Å². The Kier molecular flexibility index (Phi) is 8.49. The Bertz CT molecular complexity index is 1220. The Morgan fingerprint density at radius 2 is 1.51 bits per heavy atom. The van der Waals surface area contributed by atoms with Crippen LogP contribution in [0.5, 0.6) is 0 Å². The second kappa shape index (κ2) is 12.5. The van der Waals surface area contributed by atoms with Crippen molar-refractivity contribution in [3.05, 3.63) is 70.8 Å². The maximum Gasteiger partial charge on any atom is 0.315 e. The number of benzene rings is 2. The Balaban J connectivity index is 0.988. The van der Waals surface area contributed by atoms with Crippen LogP contribution in [0.1, 0.15) is 92.4 Å². The number of ether oxygens (including phenoxy) is 2. The van der Waals surface area contributed by atoms with E-state index < -0.39 is 6.29 Å². The van der Waals surface area contributed by atoms with E-state index in [9.17, 15) is 15.0 Å². The summed E-state index contributed by atoms with van der Waals surface area (Å²) in [5, 5.41) is 25.9. The topological polar surface area (TPSA) is 103 Å². The van der Waals surface area contributed by atoms with Gasteiger partial charge in [-0.3, -0.25) is 4.90 Å². The average molecular weight is 590 g/mol. The maximum atomic E-state index is 13.0. The molecule has 2 heterocycles. The van der Waals surface area contributed by atoms with Gasteiger partial charge in [0.25, 0.3) is 0 Å². The van der Waals surface area contributed by atoms with Crippen LogP contribution in [-0.2, 0) is 22.6 Å². The lowest BCUT2D eigenvalue weighted by Crippen LogP contribution is -2.61. The zero-order valence-corrected chi connectivity index (χ0v) is 25.1. The molecule has 8 rings (SSSR count). The number of hydrogen-bond acceptors (Lipinski definition) is 6. The number of aliphatic hydroxyl groups excluding tert-OH is 2. The molecule has 4 atom stereocenters. The van der Waals surface area contributed by atoms with Gasteiger partial charge in [-0.05, 0) is 92.4 Å². The van der Waals surface area contributed by atoms with Crippen molar-refractivity contribution in [2.24, 2.45) is 17.8 Å². The normalized spacial score (nSPS) is 35.3. The van der Waals surface area contributed by atoms with E-state index in [1.165, 1.54) is 19.3 Å². The van der Waals surface area contributed by atoms with Crippen molar-refractivity contribution < 1.29 is 24.5 Å². The number of nitrogens with one attached hydrogen (secondary N) is 2. The molecular weight excluding hydrogens is 542 g/mol. The maximum absolute atomic E-state index is 13.0. The predicted octanol–water partition coefficient (Wildman–Crippen LogP) is 4.95. The van der Waals surface area contributed by atoms with Gasteiger partial charge in [0.2, 0.25) is 0 Å². The van der Waals surface area contributed by atoms with Crippen molar-refractivity contribution in [1.29, 1.82) is 0 Å².